The van der Waals surface area contributed by atoms with Crippen molar-refractivity contribution in [3.63, 3.8) is 0 Å². The first kappa shape index (κ1) is 18.5. The van der Waals surface area contributed by atoms with Gasteiger partial charge in [-0.05, 0) is 23.8 Å². The number of methoxy groups -OCH3 is 2. The number of hydrogen-bond donors (Lipinski definition) is 1. The summed E-state index contributed by atoms with van der Waals surface area (Å²) in [6, 6.07) is 10.6. The van der Waals surface area contributed by atoms with Crippen LogP contribution in [-0.2, 0) is 13.1 Å². The predicted molar refractivity (Wildman–Crippen MR) is 98.2 cm³/mol. The Morgan fingerprint density at radius 3 is 2.00 bits per heavy atom. The van der Waals surface area contributed by atoms with Gasteiger partial charge in [0.05, 0.1) is 14.2 Å². The second-order valence-corrected chi connectivity index (χ2v) is 6.49. The van der Waals surface area contributed by atoms with Crippen LogP contribution in [0.4, 0.5) is 4.39 Å². The Bertz CT molecular complexity index is 721. The van der Waals surface area contributed by atoms with Gasteiger partial charge in [0.25, 0.3) is 0 Å². The highest BCUT2D eigenvalue weighted by Crippen LogP contribution is 2.37. The van der Waals surface area contributed by atoms with E-state index in [2.05, 4.69) is 9.80 Å². The fourth-order valence-electron chi connectivity index (χ4n) is 3.27. The first-order valence-electron chi connectivity index (χ1n) is 8.72. The summed E-state index contributed by atoms with van der Waals surface area (Å²) < 4.78 is 24.2. The van der Waals surface area contributed by atoms with E-state index >= 15 is 0 Å². The lowest BCUT2D eigenvalue weighted by Gasteiger charge is -2.34. The van der Waals surface area contributed by atoms with E-state index in [0.717, 1.165) is 43.9 Å². The van der Waals surface area contributed by atoms with Crippen LogP contribution in [0.3, 0.4) is 0 Å². The van der Waals surface area contributed by atoms with Crippen molar-refractivity contribution in [2.45, 2.75) is 13.1 Å². The molecule has 0 saturated carbocycles. The first-order valence-corrected chi connectivity index (χ1v) is 8.72. The molecule has 3 rings (SSSR count). The zero-order valence-corrected chi connectivity index (χ0v) is 15.2. The lowest BCUT2D eigenvalue weighted by molar-refractivity contribution is 0.121. The molecule has 0 atom stereocenters. The summed E-state index contributed by atoms with van der Waals surface area (Å²) >= 11 is 0. The Balaban J connectivity index is 1.58. The van der Waals surface area contributed by atoms with Crippen LogP contribution in [-0.4, -0.2) is 55.3 Å². The minimum absolute atomic E-state index is 0.0217. The molecule has 0 aliphatic carbocycles. The second kappa shape index (κ2) is 8.38. The Morgan fingerprint density at radius 1 is 0.923 bits per heavy atom. The summed E-state index contributed by atoms with van der Waals surface area (Å²) in [5.41, 5.74) is 1.77. The lowest BCUT2D eigenvalue weighted by atomic mass is 10.1. The van der Waals surface area contributed by atoms with Crippen molar-refractivity contribution in [3.05, 3.63) is 53.3 Å². The third kappa shape index (κ3) is 4.26. The van der Waals surface area contributed by atoms with Crippen molar-refractivity contribution < 1.29 is 19.0 Å². The fraction of sp³-hybridized carbons (Fsp3) is 0.400. The van der Waals surface area contributed by atoms with Crippen LogP contribution >= 0.6 is 0 Å². The normalized spacial score (nSPS) is 15.8. The van der Waals surface area contributed by atoms with Crippen LogP contribution < -0.4 is 9.47 Å². The van der Waals surface area contributed by atoms with Crippen LogP contribution in [0.15, 0.2) is 36.4 Å². The molecule has 1 heterocycles. The van der Waals surface area contributed by atoms with Gasteiger partial charge in [-0.1, -0.05) is 18.2 Å². The van der Waals surface area contributed by atoms with Gasteiger partial charge >= 0.3 is 0 Å². The van der Waals surface area contributed by atoms with Crippen molar-refractivity contribution in [2.24, 2.45) is 0 Å². The number of phenolic OH excluding ortho intramolecular Hbond substituents is 1. The van der Waals surface area contributed by atoms with Crippen LogP contribution in [0.2, 0.25) is 0 Å². The van der Waals surface area contributed by atoms with E-state index < -0.39 is 0 Å². The van der Waals surface area contributed by atoms with E-state index in [-0.39, 0.29) is 11.6 Å². The van der Waals surface area contributed by atoms with E-state index in [1.807, 2.05) is 24.3 Å². The van der Waals surface area contributed by atoms with Crippen LogP contribution in [0, 0.1) is 5.82 Å². The minimum Gasteiger partial charge on any atom is -0.502 e. The molecule has 0 bridgehead atoms. The average molecular weight is 360 g/mol. The van der Waals surface area contributed by atoms with Crippen LogP contribution in [0.5, 0.6) is 17.2 Å². The highest BCUT2D eigenvalue weighted by molar-refractivity contribution is 5.52. The zero-order chi connectivity index (χ0) is 18.5. The molecule has 6 heteroatoms. The van der Waals surface area contributed by atoms with Crippen molar-refractivity contribution in [3.8, 4) is 17.2 Å². The van der Waals surface area contributed by atoms with Crippen LogP contribution in [0.1, 0.15) is 11.1 Å². The van der Waals surface area contributed by atoms with Crippen molar-refractivity contribution in [1.82, 2.24) is 9.80 Å². The maximum Gasteiger partial charge on any atom is 0.200 e. The van der Waals surface area contributed by atoms with E-state index in [4.69, 9.17) is 9.47 Å². The molecule has 0 radical (unpaired) electrons. The quantitative estimate of drug-likeness (QED) is 0.858. The van der Waals surface area contributed by atoms with E-state index in [9.17, 15) is 9.50 Å². The number of aromatic hydroxyl groups is 1. The summed E-state index contributed by atoms with van der Waals surface area (Å²) in [6.45, 7) is 4.98. The molecule has 140 valence electrons. The predicted octanol–water partition coefficient (Wildman–Crippen LogP) is 2.87. The van der Waals surface area contributed by atoms with E-state index in [0.29, 0.717) is 18.0 Å². The van der Waals surface area contributed by atoms with Crippen molar-refractivity contribution in [1.29, 1.82) is 0 Å². The molecular formula is C20H25FN2O3. The molecular weight excluding hydrogens is 335 g/mol. The Labute approximate surface area is 153 Å². The van der Waals surface area contributed by atoms with Crippen molar-refractivity contribution in [2.75, 3.05) is 40.4 Å². The number of nitrogens with zero attached hydrogens (tertiary/aromatic N) is 2. The zero-order valence-electron chi connectivity index (χ0n) is 15.2. The molecule has 1 aliphatic rings. The molecule has 26 heavy (non-hydrogen) atoms. The Kier molecular flexibility index (Phi) is 5.96. The fourth-order valence-corrected chi connectivity index (χ4v) is 3.27. The van der Waals surface area contributed by atoms with Gasteiger partial charge in [0.1, 0.15) is 5.82 Å². The molecule has 0 spiro atoms. The average Bonchev–Trinajstić information content (AvgIpc) is 2.66. The molecule has 2 aromatic rings. The molecule has 5 nitrogen and oxygen atoms in total. The van der Waals surface area contributed by atoms with Crippen molar-refractivity contribution >= 4 is 0 Å². The summed E-state index contributed by atoms with van der Waals surface area (Å²) in [5, 5.41) is 10.0. The summed E-state index contributed by atoms with van der Waals surface area (Å²) in [4.78, 5) is 4.61. The smallest absolute Gasteiger partial charge is 0.200 e. The molecule has 1 saturated heterocycles. The number of phenols is 1. The Morgan fingerprint density at radius 2 is 1.46 bits per heavy atom. The van der Waals surface area contributed by atoms with Gasteiger partial charge in [-0.15, -0.1) is 0 Å². The molecule has 2 aromatic carbocycles. The largest absolute Gasteiger partial charge is 0.502 e. The maximum atomic E-state index is 13.8. The third-order valence-corrected chi connectivity index (χ3v) is 4.76. The van der Waals surface area contributed by atoms with E-state index in [1.54, 1.807) is 6.07 Å². The SMILES string of the molecule is COc1cc(CN2CCN(Cc3ccccc3F)CC2)cc(OC)c1O. The highest BCUT2D eigenvalue weighted by Gasteiger charge is 2.19. The molecule has 1 N–H and O–H groups in total. The minimum atomic E-state index is -0.141. The van der Waals surface area contributed by atoms with Crippen LogP contribution in [0.25, 0.3) is 0 Å². The Hall–Kier alpha value is -2.31. The van der Waals surface area contributed by atoms with Gasteiger partial charge in [-0.2, -0.15) is 0 Å². The monoisotopic (exact) mass is 360 g/mol. The second-order valence-electron chi connectivity index (χ2n) is 6.49. The summed E-state index contributed by atoms with van der Waals surface area (Å²) in [5.74, 6) is 0.710. The number of ether oxygens (including phenoxy) is 2. The number of benzene rings is 2. The lowest BCUT2D eigenvalue weighted by Crippen LogP contribution is -2.45. The molecule has 0 amide bonds. The number of hydrogen-bond acceptors (Lipinski definition) is 5. The third-order valence-electron chi connectivity index (χ3n) is 4.76. The number of piperazine rings is 1. The summed E-state index contributed by atoms with van der Waals surface area (Å²) in [7, 11) is 3.06. The number of halogens is 1. The topological polar surface area (TPSA) is 45.2 Å². The summed E-state index contributed by atoms with van der Waals surface area (Å²) in [6.07, 6.45) is 0. The molecule has 1 fully saturated rings. The van der Waals surface area contributed by atoms with Gasteiger partial charge in [0.2, 0.25) is 5.75 Å². The molecule has 0 unspecified atom stereocenters. The van der Waals surface area contributed by atoms with E-state index in [1.165, 1.54) is 20.3 Å². The first-order chi connectivity index (χ1) is 12.6. The molecule has 1 aliphatic heterocycles. The maximum absolute atomic E-state index is 13.8. The van der Waals surface area contributed by atoms with Gasteiger partial charge in [0, 0.05) is 44.8 Å². The highest BCUT2D eigenvalue weighted by atomic mass is 19.1. The van der Waals surface area contributed by atoms with Gasteiger partial charge in [-0.25, -0.2) is 4.39 Å². The standard InChI is InChI=1S/C20H25FN2O3/c1-25-18-11-15(12-19(26-2)20(18)24)13-22-7-9-23(10-8-22)14-16-5-3-4-6-17(16)21/h3-6,11-12,24H,7-10,13-14H2,1-2H3. The van der Waals surface area contributed by atoms with Gasteiger partial charge in [-0.3, -0.25) is 9.80 Å². The van der Waals surface area contributed by atoms with Gasteiger partial charge < -0.3 is 14.6 Å². The molecule has 0 aromatic heterocycles. The number of rotatable bonds is 6. The van der Waals surface area contributed by atoms with Gasteiger partial charge in [0.15, 0.2) is 11.5 Å².